The summed E-state index contributed by atoms with van der Waals surface area (Å²) in [5.41, 5.74) is 3.55. The van der Waals surface area contributed by atoms with Gasteiger partial charge in [0.05, 0.1) is 0 Å². The van der Waals surface area contributed by atoms with Gasteiger partial charge in [-0.05, 0) is 35.0 Å². The van der Waals surface area contributed by atoms with Crippen molar-refractivity contribution in [2.24, 2.45) is 5.84 Å². The fourth-order valence-corrected chi connectivity index (χ4v) is 1.69. The molecular weight excluding hydrogens is 263 g/mol. The Bertz CT molecular complexity index is 445. The van der Waals surface area contributed by atoms with Crippen molar-refractivity contribution in [1.82, 2.24) is 0 Å². The highest BCUT2D eigenvalue weighted by Gasteiger charge is 1.95. The lowest BCUT2D eigenvalue weighted by Crippen LogP contribution is -2.05. The lowest BCUT2D eigenvalue weighted by atomic mass is 10.1. The fraction of sp³-hybridized carbons (Fsp3) is 0. The molecule has 2 rings (SSSR count). The number of hydrogen-bond donors (Lipinski definition) is 2. The SMILES string of the molecule is Cl.NNc1ccc2cc(Br)ccc2c1. The third kappa shape index (κ3) is 2.18. The molecule has 0 aliphatic rings. The number of nitrogens with one attached hydrogen (secondary N) is 1. The molecule has 0 atom stereocenters. The Kier molecular flexibility index (Phi) is 3.75. The zero-order valence-electron chi connectivity index (χ0n) is 7.33. The largest absolute Gasteiger partial charge is 0.324 e. The second-order valence-corrected chi connectivity index (χ2v) is 3.77. The van der Waals surface area contributed by atoms with E-state index in [1.165, 1.54) is 10.8 Å². The normalized spacial score (nSPS) is 9.57. The number of nitrogens with two attached hydrogens (primary N) is 1. The first-order valence-corrected chi connectivity index (χ1v) is 4.75. The van der Waals surface area contributed by atoms with Crippen LogP contribution in [0.25, 0.3) is 10.8 Å². The summed E-state index contributed by atoms with van der Waals surface area (Å²) in [6.07, 6.45) is 0. The van der Waals surface area contributed by atoms with E-state index in [1.54, 1.807) is 0 Å². The Morgan fingerprint density at radius 3 is 2.36 bits per heavy atom. The van der Waals surface area contributed by atoms with Crippen LogP contribution in [0.4, 0.5) is 5.69 Å². The van der Waals surface area contributed by atoms with Crippen LogP contribution in [0.15, 0.2) is 40.9 Å². The molecule has 2 aromatic carbocycles. The summed E-state index contributed by atoms with van der Waals surface area (Å²) in [7, 11) is 0. The number of anilines is 1. The molecule has 0 fully saturated rings. The monoisotopic (exact) mass is 272 g/mol. The highest BCUT2D eigenvalue weighted by Crippen LogP contribution is 2.22. The van der Waals surface area contributed by atoms with Gasteiger partial charge >= 0.3 is 0 Å². The minimum atomic E-state index is 0. The van der Waals surface area contributed by atoms with Crippen molar-refractivity contribution >= 4 is 44.8 Å². The van der Waals surface area contributed by atoms with Gasteiger partial charge in [0.2, 0.25) is 0 Å². The van der Waals surface area contributed by atoms with Crippen molar-refractivity contribution in [2.45, 2.75) is 0 Å². The van der Waals surface area contributed by atoms with Crippen molar-refractivity contribution in [1.29, 1.82) is 0 Å². The molecule has 4 heteroatoms. The molecule has 74 valence electrons. The number of fused-ring (bicyclic) bond motifs is 1. The van der Waals surface area contributed by atoms with Gasteiger partial charge in [-0.3, -0.25) is 5.84 Å². The number of nitrogen functional groups attached to an aromatic ring is 1. The summed E-state index contributed by atoms with van der Waals surface area (Å²) in [5.74, 6) is 5.31. The van der Waals surface area contributed by atoms with Gasteiger partial charge in [-0.2, -0.15) is 0 Å². The van der Waals surface area contributed by atoms with Gasteiger partial charge in [-0.15, -0.1) is 12.4 Å². The van der Waals surface area contributed by atoms with Crippen LogP contribution in [0.3, 0.4) is 0 Å². The summed E-state index contributed by atoms with van der Waals surface area (Å²) in [5, 5.41) is 2.38. The van der Waals surface area contributed by atoms with Crippen LogP contribution in [0.5, 0.6) is 0 Å². The first kappa shape index (κ1) is 11.3. The smallest absolute Gasteiger partial charge is 0.0491 e. The molecule has 0 radical (unpaired) electrons. The predicted molar refractivity (Wildman–Crippen MR) is 66.7 cm³/mol. The van der Waals surface area contributed by atoms with Crippen LogP contribution in [0.1, 0.15) is 0 Å². The molecule has 2 nitrogen and oxygen atoms in total. The average Bonchev–Trinajstić information content (AvgIpc) is 2.17. The highest BCUT2D eigenvalue weighted by atomic mass is 79.9. The third-order valence-corrected chi connectivity index (χ3v) is 2.46. The molecule has 0 unspecified atom stereocenters. The van der Waals surface area contributed by atoms with Crippen molar-refractivity contribution in [2.75, 3.05) is 5.43 Å². The van der Waals surface area contributed by atoms with Gasteiger partial charge in [0.25, 0.3) is 0 Å². The molecule has 0 heterocycles. The van der Waals surface area contributed by atoms with Crippen molar-refractivity contribution < 1.29 is 0 Å². The Morgan fingerprint density at radius 2 is 1.64 bits per heavy atom. The Morgan fingerprint density at radius 1 is 1.00 bits per heavy atom. The van der Waals surface area contributed by atoms with Crippen LogP contribution in [0.2, 0.25) is 0 Å². The maximum Gasteiger partial charge on any atom is 0.0491 e. The maximum atomic E-state index is 5.31. The lowest BCUT2D eigenvalue weighted by Gasteiger charge is -2.02. The molecule has 0 saturated carbocycles. The molecule has 2 aromatic rings. The molecule has 3 N–H and O–H groups in total. The molecule has 0 bridgehead atoms. The van der Waals surface area contributed by atoms with Crippen LogP contribution in [0, 0.1) is 0 Å². The van der Waals surface area contributed by atoms with Crippen LogP contribution in [-0.2, 0) is 0 Å². The maximum absolute atomic E-state index is 5.31. The minimum Gasteiger partial charge on any atom is -0.324 e. The summed E-state index contributed by atoms with van der Waals surface area (Å²) in [6, 6.07) is 12.2. The first-order chi connectivity index (χ1) is 6.29. The summed E-state index contributed by atoms with van der Waals surface area (Å²) >= 11 is 3.43. The van der Waals surface area contributed by atoms with E-state index in [1.807, 2.05) is 24.3 Å². The Labute approximate surface area is 97.0 Å². The topological polar surface area (TPSA) is 38.0 Å². The van der Waals surface area contributed by atoms with Crippen LogP contribution in [-0.4, -0.2) is 0 Å². The van der Waals surface area contributed by atoms with Gasteiger partial charge < -0.3 is 5.43 Å². The van der Waals surface area contributed by atoms with E-state index >= 15 is 0 Å². The number of halogens is 2. The van der Waals surface area contributed by atoms with Crippen LogP contribution < -0.4 is 11.3 Å². The van der Waals surface area contributed by atoms with E-state index in [9.17, 15) is 0 Å². The second kappa shape index (κ2) is 4.64. The molecular formula is C10H10BrClN2. The van der Waals surface area contributed by atoms with Gasteiger partial charge in [-0.1, -0.05) is 28.1 Å². The highest BCUT2D eigenvalue weighted by molar-refractivity contribution is 9.10. The van der Waals surface area contributed by atoms with E-state index in [2.05, 4.69) is 33.5 Å². The summed E-state index contributed by atoms with van der Waals surface area (Å²) in [4.78, 5) is 0. The van der Waals surface area contributed by atoms with Gasteiger partial charge in [0.1, 0.15) is 0 Å². The van der Waals surface area contributed by atoms with E-state index in [0.717, 1.165) is 10.2 Å². The van der Waals surface area contributed by atoms with Gasteiger partial charge in [0, 0.05) is 10.2 Å². The molecule has 0 aliphatic carbocycles. The van der Waals surface area contributed by atoms with E-state index in [4.69, 9.17) is 5.84 Å². The first-order valence-electron chi connectivity index (χ1n) is 3.95. The summed E-state index contributed by atoms with van der Waals surface area (Å²) in [6.45, 7) is 0. The quantitative estimate of drug-likeness (QED) is 0.618. The Hall–Kier alpha value is -0.770. The summed E-state index contributed by atoms with van der Waals surface area (Å²) < 4.78 is 1.09. The standard InChI is InChI=1S/C10H9BrN2.ClH/c11-9-3-1-8-6-10(13-12)4-2-7(8)5-9;/h1-6,13H,12H2;1H. The van der Waals surface area contributed by atoms with Crippen molar-refractivity contribution in [3.8, 4) is 0 Å². The van der Waals surface area contributed by atoms with Crippen molar-refractivity contribution in [3.05, 3.63) is 40.9 Å². The number of rotatable bonds is 1. The lowest BCUT2D eigenvalue weighted by molar-refractivity contribution is 1.36. The van der Waals surface area contributed by atoms with Gasteiger partial charge in [-0.25, -0.2) is 0 Å². The molecule has 0 amide bonds. The molecule has 0 aliphatic heterocycles. The minimum absolute atomic E-state index is 0. The molecule has 0 spiro atoms. The second-order valence-electron chi connectivity index (χ2n) is 2.85. The van der Waals surface area contributed by atoms with E-state index in [-0.39, 0.29) is 12.4 Å². The van der Waals surface area contributed by atoms with Crippen LogP contribution >= 0.6 is 28.3 Å². The average molecular weight is 274 g/mol. The Balaban J connectivity index is 0.000000980. The third-order valence-electron chi connectivity index (χ3n) is 1.97. The van der Waals surface area contributed by atoms with Gasteiger partial charge in [0.15, 0.2) is 0 Å². The van der Waals surface area contributed by atoms with E-state index in [0.29, 0.717) is 0 Å². The zero-order chi connectivity index (χ0) is 9.26. The number of hydrogen-bond acceptors (Lipinski definition) is 2. The van der Waals surface area contributed by atoms with Crippen molar-refractivity contribution in [3.63, 3.8) is 0 Å². The fourth-order valence-electron chi connectivity index (χ4n) is 1.31. The molecule has 0 saturated heterocycles. The molecule has 0 aromatic heterocycles. The number of benzene rings is 2. The van der Waals surface area contributed by atoms with E-state index < -0.39 is 0 Å². The predicted octanol–water partition coefficient (Wildman–Crippen LogP) is 3.31. The number of hydrazine groups is 1. The zero-order valence-corrected chi connectivity index (χ0v) is 9.73. The molecule has 14 heavy (non-hydrogen) atoms.